The molecule has 1 aliphatic rings. The summed E-state index contributed by atoms with van der Waals surface area (Å²) < 4.78 is 5.29. The molecule has 0 spiro atoms. The van der Waals surface area contributed by atoms with Gasteiger partial charge in [-0.2, -0.15) is 0 Å². The van der Waals surface area contributed by atoms with Crippen LogP contribution in [0.3, 0.4) is 0 Å². The monoisotopic (exact) mass is 331 g/mol. The Hall–Kier alpha value is -1.99. The lowest BCUT2D eigenvalue weighted by Crippen LogP contribution is -2.12. The van der Waals surface area contributed by atoms with Gasteiger partial charge in [0.05, 0.1) is 12.0 Å². The number of furan rings is 1. The molecule has 1 N–H and O–H groups in total. The number of carbonyl (C=O) groups excluding carboxylic acids is 1. The summed E-state index contributed by atoms with van der Waals surface area (Å²) >= 11 is 2.97. The number of thiazole rings is 2. The number of hydrogen-bond donors (Lipinski definition) is 1. The maximum Gasteiger partial charge on any atom is 0.276 e. The molecular formula is C15H13N3O2S2. The second-order valence-electron chi connectivity index (χ2n) is 5.07. The number of nitrogens with zero attached hydrogens (tertiary/aromatic N) is 2. The molecule has 0 saturated heterocycles. The Morgan fingerprint density at radius 1 is 1.27 bits per heavy atom. The smallest absolute Gasteiger partial charge is 0.276 e. The van der Waals surface area contributed by atoms with Crippen LogP contribution in [-0.4, -0.2) is 15.9 Å². The quantitative estimate of drug-likeness (QED) is 0.788. The van der Waals surface area contributed by atoms with Gasteiger partial charge in [0.2, 0.25) is 0 Å². The summed E-state index contributed by atoms with van der Waals surface area (Å²) in [5.74, 6) is 0.453. The van der Waals surface area contributed by atoms with Crippen LogP contribution >= 0.6 is 22.7 Å². The van der Waals surface area contributed by atoms with Crippen LogP contribution in [0.4, 0.5) is 5.13 Å². The van der Waals surface area contributed by atoms with Gasteiger partial charge >= 0.3 is 0 Å². The fourth-order valence-corrected chi connectivity index (χ4v) is 4.27. The lowest BCUT2D eigenvalue weighted by molar-refractivity contribution is 0.102. The average molecular weight is 331 g/mol. The molecule has 3 aromatic heterocycles. The first-order valence-electron chi connectivity index (χ1n) is 7.09. The number of amides is 1. The summed E-state index contributed by atoms with van der Waals surface area (Å²) in [4.78, 5) is 22.4. The highest BCUT2D eigenvalue weighted by Gasteiger charge is 2.18. The average Bonchev–Trinajstić information content (AvgIpc) is 3.26. The first-order chi connectivity index (χ1) is 10.8. The van der Waals surface area contributed by atoms with Crippen molar-refractivity contribution in [1.29, 1.82) is 0 Å². The molecule has 0 aromatic carbocycles. The van der Waals surface area contributed by atoms with Gasteiger partial charge < -0.3 is 4.42 Å². The van der Waals surface area contributed by atoms with Crippen LogP contribution in [0.25, 0.3) is 10.8 Å². The van der Waals surface area contributed by atoms with E-state index >= 15 is 0 Å². The predicted molar refractivity (Wildman–Crippen MR) is 86.5 cm³/mol. The third kappa shape index (κ3) is 2.57. The number of nitrogens with one attached hydrogen (secondary N) is 1. The Morgan fingerprint density at radius 3 is 3.00 bits per heavy atom. The third-order valence-corrected chi connectivity index (χ3v) is 5.46. The van der Waals surface area contributed by atoms with Crippen molar-refractivity contribution in [2.24, 2.45) is 0 Å². The van der Waals surface area contributed by atoms with Gasteiger partial charge in [-0.25, -0.2) is 9.97 Å². The minimum absolute atomic E-state index is 0.222. The zero-order chi connectivity index (χ0) is 14.9. The van der Waals surface area contributed by atoms with E-state index in [2.05, 4.69) is 15.3 Å². The van der Waals surface area contributed by atoms with Crippen LogP contribution in [0, 0.1) is 0 Å². The van der Waals surface area contributed by atoms with Gasteiger partial charge in [0.15, 0.2) is 15.9 Å². The number of carbonyl (C=O) groups is 1. The van der Waals surface area contributed by atoms with E-state index in [0.717, 1.165) is 18.5 Å². The van der Waals surface area contributed by atoms with E-state index in [9.17, 15) is 4.79 Å². The topological polar surface area (TPSA) is 68.0 Å². The van der Waals surface area contributed by atoms with Crippen molar-refractivity contribution in [1.82, 2.24) is 9.97 Å². The number of aryl methyl sites for hydroxylation is 2. The van der Waals surface area contributed by atoms with Crippen LogP contribution in [-0.2, 0) is 12.8 Å². The van der Waals surface area contributed by atoms with Gasteiger partial charge in [-0.1, -0.05) is 0 Å². The van der Waals surface area contributed by atoms with E-state index in [1.54, 1.807) is 29.0 Å². The van der Waals surface area contributed by atoms with Crippen molar-refractivity contribution in [3.8, 4) is 10.8 Å². The van der Waals surface area contributed by atoms with Crippen molar-refractivity contribution < 1.29 is 9.21 Å². The highest BCUT2D eigenvalue weighted by Crippen LogP contribution is 2.30. The molecule has 0 aliphatic heterocycles. The summed E-state index contributed by atoms with van der Waals surface area (Å²) in [6.45, 7) is 0. The molecule has 112 valence electrons. The van der Waals surface area contributed by atoms with Gasteiger partial charge in [0.25, 0.3) is 5.91 Å². The van der Waals surface area contributed by atoms with Gasteiger partial charge in [-0.15, -0.1) is 22.7 Å². The first kappa shape index (κ1) is 13.7. The van der Waals surface area contributed by atoms with Gasteiger partial charge in [-0.05, 0) is 37.8 Å². The number of aromatic nitrogens is 2. The molecule has 0 bridgehead atoms. The molecule has 1 amide bonds. The van der Waals surface area contributed by atoms with Crippen molar-refractivity contribution in [2.75, 3.05) is 5.32 Å². The molecule has 1 aliphatic carbocycles. The molecule has 0 unspecified atom stereocenters. The van der Waals surface area contributed by atoms with E-state index in [0.29, 0.717) is 21.6 Å². The first-order valence-corrected chi connectivity index (χ1v) is 8.78. The van der Waals surface area contributed by atoms with E-state index in [1.807, 2.05) is 6.07 Å². The Kier molecular flexibility index (Phi) is 3.51. The van der Waals surface area contributed by atoms with Crippen LogP contribution in [0.15, 0.2) is 28.2 Å². The Balaban J connectivity index is 1.51. The van der Waals surface area contributed by atoms with E-state index in [1.165, 1.54) is 29.1 Å². The number of fused-ring (bicyclic) bond motifs is 1. The normalized spacial score (nSPS) is 13.8. The maximum atomic E-state index is 12.3. The number of hydrogen-bond acceptors (Lipinski definition) is 6. The highest BCUT2D eigenvalue weighted by atomic mass is 32.1. The number of anilines is 1. The molecule has 4 rings (SSSR count). The van der Waals surface area contributed by atoms with Crippen LogP contribution in [0.1, 0.15) is 33.9 Å². The molecule has 7 heteroatoms. The fraction of sp³-hybridized carbons (Fsp3) is 0.267. The van der Waals surface area contributed by atoms with Crippen molar-refractivity contribution in [3.05, 3.63) is 40.0 Å². The highest BCUT2D eigenvalue weighted by molar-refractivity contribution is 7.16. The second kappa shape index (κ2) is 5.66. The molecule has 3 aromatic rings. The van der Waals surface area contributed by atoms with Crippen molar-refractivity contribution in [2.45, 2.75) is 25.7 Å². The Morgan fingerprint density at radius 2 is 2.18 bits per heavy atom. The minimum atomic E-state index is -0.222. The summed E-state index contributed by atoms with van der Waals surface area (Å²) in [6, 6.07) is 3.63. The molecule has 0 atom stereocenters. The van der Waals surface area contributed by atoms with E-state index in [4.69, 9.17) is 4.42 Å². The van der Waals surface area contributed by atoms with Crippen molar-refractivity contribution in [3.63, 3.8) is 0 Å². The molecule has 0 radical (unpaired) electrons. The molecule has 3 heterocycles. The molecular weight excluding hydrogens is 318 g/mol. The predicted octanol–water partition coefficient (Wildman–Crippen LogP) is 3.99. The van der Waals surface area contributed by atoms with Gasteiger partial charge in [0.1, 0.15) is 5.69 Å². The largest absolute Gasteiger partial charge is 0.462 e. The third-order valence-electron chi connectivity index (χ3n) is 3.53. The van der Waals surface area contributed by atoms with E-state index in [-0.39, 0.29) is 5.91 Å². The Bertz CT molecular complexity index is 781. The standard InChI is InChI=1S/C15H13N3O2S2/c19-13(10-8-21-14(16-10)11-5-3-7-20-11)18-15-17-9-4-1-2-6-12(9)22-15/h3,5,7-8H,1-2,4,6H2,(H,17,18,19). The summed E-state index contributed by atoms with van der Waals surface area (Å²) in [5.41, 5.74) is 1.53. The lowest BCUT2D eigenvalue weighted by Gasteiger charge is -2.06. The van der Waals surface area contributed by atoms with Crippen LogP contribution in [0.2, 0.25) is 0 Å². The zero-order valence-electron chi connectivity index (χ0n) is 11.7. The second-order valence-corrected chi connectivity index (χ2v) is 7.01. The maximum absolute atomic E-state index is 12.3. The summed E-state index contributed by atoms with van der Waals surface area (Å²) in [6.07, 6.45) is 6.07. The van der Waals surface area contributed by atoms with Gasteiger partial charge in [-0.3, -0.25) is 10.1 Å². The number of rotatable bonds is 3. The lowest BCUT2D eigenvalue weighted by atomic mass is 10.0. The van der Waals surface area contributed by atoms with Crippen LogP contribution < -0.4 is 5.32 Å². The van der Waals surface area contributed by atoms with Gasteiger partial charge in [0, 0.05) is 10.3 Å². The zero-order valence-corrected chi connectivity index (χ0v) is 13.3. The SMILES string of the molecule is O=C(Nc1nc2c(s1)CCCC2)c1csc(-c2ccco2)n1. The summed E-state index contributed by atoms with van der Waals surface area (Å²) in [7, 11) is 0. The molecule has 22 heavy (non-hydrogen) atoms. The summed E-state index contributed by atoms with van der Waals surface area (Å²) in [5, 5.41) is 5.97. The molecule has 5 nitrogen and oxygen atoms in total. The fourth-order valence-electron chi connectivity index (χ4n) is 2.46. The minimum Gasteiger partial charge on any atom is -0.462 e. The molecule has 0 fully saturated rings. The Labute approximate surface area is 135 Å². The molecule has 0 saturated carbocycles. The van der Waals surface area contributed by atoms with E-state index < -0.39 is 0 Å². The van der Waals surface area contributed by atoms with Crippen LogP contribution in [0.5, 0.6) is 0 Å². The van der Waals surface area contributed by atoms with Crippen molar-refractivity contribution >= 4 is 33.7 Å².